The third-order valence-corrected chi connectivity index (χ3v) is 3.94. The summed E-state index contributed by atoms with van der Waals surface area (Å²) >= 11 is 1.64. The zero-order chi connectivity index (χ0) is 14.2. The van der Waals surface area contributed by atoms with Crippen molar-refractivity contribution >= 4 is 11.3 Å². The van der Waals surface area contributed by atoms with E-state index in [9.17, 15) is 0 Å². The predicted octanol–water partition coefficient (Wildman–Crippen LogP) is 4.20. The van der Waals surface area contributed by atoms with E-state index in [0.717, 1.165) is 31.0 Å². The Kier molecular flexibility index (Phi) is 6.21. The lowest BCUT2D eigenvalue weighted by molar-refractivity contribution is 0.247. The summed E-state index contributed by atoms with van der Waals surface area (Å²) in [5.74, 6) is 1.42. The molecule has 0 saturated carbocycles. The maximum Gasteiger partial charge on any atom is 0.258 e. The Balaban J connectivity index is 1.95. The average Bonchev–Trinajstić information content (AvgIpc) is 3.12. The van der Waals surface area contributed by atoms with Crippen molar-refractivity contribution in [2.45, 2.75) is 46.1 Å². The van der Waals surface area contributed by atoms with Crippen molar-refractivity contribution in [1.29, 1.82) is 0 Å². The van der Waals surface area contributed by atoms with Gasteiger partial charge in [0, 0.05) is 5.38 Å². The van der Waals surface area contributed by atoms with Gasteiger partial charge < -0.3 is 4.52 Å². The highest BCUT2D eigenvalue weighted by molar-refractivity contribution is 7.08. The molecule has 0 N–H and O–H groups in total. The smallest absolute Gasteiger partial charge is 0.258 e. The monoisotopic (exact) mass is 293 g/mol. The van der Waals surface area contributed by atoms with E-state index in [4.69, 9.17) is 4.52 Å². The summed E-state index contributed by atoms with van der Waals surface area (Å²) in [6.07, 6.45) is 4.88. The van der Waals surface area contributed by atoms with Gasteiger partial charge in [-0.1, -0.05) is 31.8 Å². The van der Waals surface area contributed by atoms with Crippen LogP contribution in [0.1, 0.15) is 45.4 Å². The van der Waals surface area contributed by atoms with Gasteiger partial charge in [0.2, 0.25) is 0 Å². The lowest BCUT2D eigenvalue weighted by Crippen LogP contribution is -2.26. The summed E-state index contributed by atoms with van der Waals surface area (Å²) < 4.78 is 5.34. The lowest BCUT2D eigenvalue weighted by Gasteiger charge is -2.19. The second-order valence-electron chi connectivity index (χ2n) is 5.01. The first-order chi connectivity index (χ1) is 9.83. The van der Waals surface area contributed by atoms with Gasteiger partial charge in [-0.05, 0) is 37.4 Å². The molecule has 110 valence electrons. The van der Waals surface area contributed by atoms with Gasteiger partial charge in [-0.15, -0.1) is 0 Å². The Hall–Kier alpha value is -1.20. The van der Waals surface area contributed by atoms with Gasteiger partial charge in [0.05, 0.1) is 12.1 Å². The van der Waals surface area contributed by atoms with Gasteiger partial charge in [0.15, 0.2) is 5.82 Å². The molecule has 0 saturated heterocycles. The summed E-state index contributed by atoms with van der Waals surface area (Å²) in [7, 11) is 0. The van der Waals surface area contributed by atoms with Gasteiger partial charge in [0.25, 0.3) is 5.89 Å². The minimum atomic E-state index is 0.632. The van der Waals surface area contributed by atoms with Crippen LogP contribution in [0.4, 0.5) is 0 Å². The number of rotatable bonds is 9. The lowest BCUT2D eigenvalue weighted by atomic mass is 10.2. The topological polar surface area (TPSA) is 42.2 Å². The van der Waals surface area contributed by atoms with Crippen molar-refractivity contribution < 1.29 is 4.52 Å². The highest BCUT2D eigenvalue weighted by atomic mass is 32.1. The van der Waals surface area contributed by atoms with Crippen LogP contribution in [0.2, 0.25) is 0 Å². The SMILES string of the molecule is CCCCN(CCCC)Cc1noc(-c2ccsc2)n1. The van der Waals surface area contributed by atoms with Crippen LogP contribution in [0.15, 0.2) is 21.3 Å². The minimum absolute atomic E-state index is 0.632. The normalized spacial score (nSPS) is 11.3. The molecule has 0 fully saturated rings. The van der Waals surface area contributed by atoms with E-state index in [0.29, 0.717) is 5.89 Å². The van der Waals surface area contributed by atoms with Gasteiger partial charge in [-0.25, -0.2) is 0 Å². The number of thiophene rings is 1. The van der Waals surface area contributed by atoms with Crippen molar-refractivity contribution in [2.24, 2.45) is 0 Å². The average molecular weight is 293 g/mol. The fraction of sp³-hybridized carbons (Fsp3) is 0.600. The van der Waals surface area contributed by atoms with Crippen LogP contribution >= 0.6 is 11.3 Å². The molecular formula is C15H23N3OS. The molecule has 0 unspecified atom stereocenters. The molecule has 2 aromatic rings. The standard InChI is InChI=1S/C15H23N3OS/c1-3-5-8-18(9-6-4-2)11-14-16-15(19-17-14)13-7-10-20-12-13/h7,10,12H,3-6,8-9,11H2,1-2H3. The van der Waals surface area contributed by atoms with Crippen molar-refractivity contribution in [3.63, 3.8) is 0 Å². The number of hydrogen-bond donors (Lipinski definition) is 0. The van der Waals surface area contributed by atoms with Crippen LogP contribution in [-0.2, 0) is 6.54 Å². The van der Waals surface area contributed by atoms with E-state index in [-0.39, 0.29) is 0 Å². The quantitative estimate of drug-likeness (QED) is 0.695. The van der Waals surface area contributed by atoms with Crippen LogP contribution in [0.3, 0.4) is 0 Å². The predicted molar refractivity (Wildman–Crippen MR) is 82.7 cm³/mol. The molecule has 0 aliphatic rings. The third kappa shape index (κ3) is 4.42. The van der Waals surface area contributed by atoms with E-state index >= 15 is 0 Å². The van der Waals surface area contributed by atoms with Crippen molar-refractivity contribution in [3.05, 3.63) is 22.7 Å². The van der Waals surface area contributed by atoms with Crippen molar-refractivity contribution in [3.8, 4) is 11.5 Å². The molecule has 0 atom stereocenters. The largest absolute Gasteiger partial charge is 0.334 e. The molecule has 20 heavy (non-hydrogen) atoms. The zero-order valence-corrected chi connectivity index (χ0v) is 13.2. The molecule has 0 aromatic carbocycles. The number of aromatic nitrogens is 2. The van der Waals surface area contributed by atoms with Crippen LogP contribution in [0, 0.1) is 0 Å². The van der Waals surface area contributed by atoms with E-state index < -0.39 is 0 Å². The van der Waals surface area contributed by atoms with Crippen molar-refractivity contribution in [2.75, 3.05) is 13.1 Å². The molecule has 4 nitrogen and oxygen atoms in total. The summed E-state index contributed by atoms with van der Waals surface area (Å²) in [6.45, 7) is 7.45. The van der Waals surface area contributed by atoms with Crippen LogP contribution < -0.4 is 0 Å². The Bertz CT molecular complexity index is 473. The highest BCUT2D eigenvalue weighted by Gasteiger charge is 2.12. The Morgan fingerprint density at radius 1 is 1.20 bits per heavy atom. The van der Waals surface area contributed by atoms with Crippen molar-refractivity contribution in [1.82, 2.24) is 15.0 Å². The molecule has 2 rings (SSSR count). The van der Waals surface area contributed by atoms with E-state index in [1.807, 2.05) is 16.8 Å². The first-order valence-electron chi connectivity index (χ1n) is 7.41. The molecule has 0 aliphatic heterocycles. The summed E-state index contributed by atoms with van der Waals surface area (Å²) in [5.41, 5.74) is 1.02. The first kappa shape index (κ1) is 15.2. The van der Waals surface area contributed by atoms with Gasteiger partial charge in [-0.3, -0.25) is 4.90 Å². The Morgan fingerprint density at radius 3 is 2.55 bits per heavy atom. The number of hydrogen-bond acceptors (Lipinski definition) is 5. The third-order valence-electron chi connectivity index (χ3n) is 3.26. The summed E-state index contributed by atoms with van der Waals surface area (Å²) in [6, 6.07) is 2.01. The molecule has 5 heteroatoms. The molecule has 0 spiro atoms. The fourth-order valence-corrected chi connectivity index (χ4v) is 2.68. The number of unbranched alkanes of at least 4 members (excludes halogenated alkanes) is 2. The van der Waals surface area contributed by atoms with Gasteiger partial charge in [-0.2, -0.15) is 16.3 Å². The first-order valence-corrected chi connectivity index (χ1v) is 8.35. The van der Waals surface area contributed by atoms with E-state index in [1.165, 1.54) is 25.7 Å². The maximum absolute atomic E-state index is 5.34. The fourth-order valence-electron chi connectivity index (χ4n) is 2.05. The van der Waals surface area contributed by atoms with E-state index in [1.54, 1.807) is 11.3 Å². The molecular weight excluding hydrogens is 270 g/mol. The highest BCUT2D eigenvalue weighted by Crippen LogP contribution is 2.20. The Morgan fingerprint density at radius 2 is 1.95 bits per heavy atom. The minimum Gasteiger partial charge on any atom is -0.334 e. The Labute approximate surface area is 124 Å². The second-order valence-corrected chi connectivity index (χ2v) is 5.79. The molecule has 0 bridgehead atoms. The summed E-state index contributed by atoms with van der Waals surface area (Å²) in [4.78, 5) is 6.92. The number of nitrogens with zero attached hydrogens (tertiary/aromatic N) is 3. The van der Waals surface area contributed by atoms with Crippen LogP contribution in [-0.4, -0.2) is 28.1 Å². The molecule has 0 radical (unpaired) electrons. The zero-order valence-electron chi connectivity index (χ0n) is 12.3. The molecule has 0 amide bonds. The van der Waals surface area contributed by atoms with E-state index in [2.05, 4.69) is 28.9 Å². The summed E-state index contributed by atoms with van der Waals surface area (Å²) in [5, 5.41) is 8.16. The second kappa shape index (κ2) is 8.17. The van der Waals surface area contributed by atoms with Gasteiger partial charge >= 0.3 is 0 Å². The maximum atomic E-state index is 5.34. The van der Waals surface area contributed by atoms with Crippen LogP contribution in [0.5, 0.6) is 0 Å². The molecule has 2 aromatic heterocycles. The molecule has 2 heterocycles. The van der Waals surface area contributed by atoms with Gasteiger partial charge in [0.1, 0.15) is 0 Å². The molecule has 0 aliphatic carbocycles. The van der Waals surface area contributed by atoms with Crippen LogP contribution in [0.25, 0.3) is 11.5 Å².